The number of carbonyl (C=O) groups excluding carboxylic acids is 1. The summed E-state index contributed by atoms with van der Waals surface area (Å²) in [4.78, 5) is 36.9. The first-order valence-electron chi connectivity index (χ1n) is 11.9. The van der Waals surface area contributed by atoms with Crippen LogP contribution in [0.4, 0.5) is 4.79 Å². The van der Waals surface area contributed by atoms with Gasteiger partial charge in [-0.1, -0.05) is 79.3 Å². The molecule has 192 valence electrons. The topological polar surface area (TPSA) is 107 Å². The highest BCUT2D eigenvalue weighted by Crippen LogP contribution is 2.43. The van der Waals surface area contributed by atoms with Crippen LogP contribution in [-0.2, 0) is 26.4 Å². The molecule has 36 heavy (non-hydrogen) atoms. The minimum atomic E-state index is -1.26. The monoisotopic (exact) mass is 512 g/mol. The van der Waals surface area contributed by atoms with E-state index in [9.17, 15) is 14.4 Å². The largest absolute Gasteiger partial charge is 0.478 e. The molecule has 8 nitrogen and oxygen atoms in total. The van der Waals surface area contributed by atoms with Crippen molar-refractivity contribution in [2.24, 2.45) is 0 Å². The maximum absolute atomic E-state index is 13.2. The van der Waals surface area contributed by atoms with Gasteiger partial charge in [-0.05, 0) is 24.0 Å². The van der Waals surface area contributed by atoms with Gasteiger partial charge in [0.25, 0.3) is 5.24 Å². The molecule has 2 fully saturated rings. The number of morpholine rings is 1. The van der Waals surface area contributed by atoms with Crippen LogP contribution in [-0.4, -0.2) is 75.3 Å². The van der Waals surface area contributed by atoms with Gasteiger partial charge in [0.1, 0.15) is 5.66 Å². The van der Waals surface area contributed by atoms with Gasteiger partial charge in [0, 0.05) is 37.0 Å². The standard InChI is InChI=1S/C23H28N2O2S.C4H4O4/c1-2-23(20-11-7-4-8-12-20,24-13-15-27-16-14-24)25-18-21(28-22(25)26)17-19-9-5-3-6-10-19;5-3(6)1-2-4(7)8/h3-12,21H,2,13-18H2,1H3;1-2H,(H,5,6)(H,7,8)/b;2-1+. The van der Waals surface area contributed by atoms with Crippen LogP contribution in [0.3, 0.4) is 0 Å². The second-order valence-corrected chi connectivity index (χ2v) is 9.70. The first-order valence-corrected chi connectivity index (χ1v) is 12.8. The van der Waals surface area contributed by atoms with Crippen molar-refractivity contribution in [1.29, 1.82) is 0 Å². The smallest absolute Gasteiger partial charge is 0.328 e. The summed E-state index contributed by atoms with van der Waals surface area (Å²) in [6.45, 7) is 6.11. The number of hydrogen-bond donors (Lipinski definition) is 2. The van der Waals surface area contributed by atoms with Crippen LogP contribution < -0.4 is 0 Å². The molecule has 0 aliphatic carbocycles. The molecule has 2 aliphatic heterocycles. The van der Waals surface area contributed by atoms with Gasteiger partial charge >= 0.3 is 11.9 Å². The Labute approximate surface area is 215 Å². The highest BCUT2D eigenvalue weighted by molar-refractivity contribution is 8.14. The summed E-state index contributed by atoms with van der Waals surface area (Å²) in [6.07, 6.45) is 2.90. The van der Waals surface area contributed by atoms with Gasteiger partial charge in [-0.15, -0.1) is 0 Å². The molecule has 2 aromatic carbocycles. The zero-order valence-corrected chi connectivity index (χ0v) is 21.1. The number of aliphatic carboxylic acids is 2. The first kappa shape index (κ1) is 27.4. The number of hydrogen-bond acceptors (Lipinski definition) is 6. The Morgan fingerprint density at radius 1 is 1.00 bits per heavy atom. The van der Waals surface area contributed by atoms with Gasteiger partial charge in [0.15, 0.2) is 0 Å². The Morgan fingerprint density at radius 3 is 2.08 bits per heavy atom. The predicted molar refractivity (Wildman–Crippen MR) is 139 cm³/mol. The minimum Gasteiger partial charge on any atom is -0.478 e. The fourth-order valence-corrected chi connectivity index (χ4v) is 5.85. The number of benzene rings is 2. The number of carbonyl (C=O) groups is 3. The Bertz CT molecular complexity index is 1030. The zero-order chi connectivity index (χ0) is 26.0. The maximum atomic E-state index is 13.2. The summed E-state index contributed by atoms with van der Waals surface area (Å²) in [7, 11) is 0. The molecule has 0 radical (unpaired) electrons. The Morgan fingerprint density at radius 2 is 1.56 bits per heavy atom. The second kappa shape index (κ2) is 13.2. The first-order chi connectivity index (χ1) is 17.4. The lowest BCUT2D eigenvalue weighted by atomic mass is 9.91. The molecular weight excluding hydrogens is 480 g/mol. The molecule has 2 N–H and O–H groups in total. The Balaban J connectivity index is 0.000000392. The van der Waals surface area contributed by atoms with Crippen molar-refractivity contribution in [3.8, 4) is 0 Å². The molecule has 2 unspecified atom stereocenters. The summed E-state index contributed by atoms with van der Waals surface area (Å²) < 4.78 is 5.61. The van der Waals surface area contributed by atoms with Gasteiger partial charge in [0.2, 0.25) is 0 Å². The van der Waals surface area contributed by atoms with Gasteiger partial charge < -0.3 is 19.8 Å². The van der Waals surface area contributed by atoms with Gasteiger partial charge in [0.05, 0.1) is 13.2 Å². The number of carboxylic acids is 2. The third kappa shape index (κ3) is 6.96. The van der Waals surface area contributed by atoms with E-state index < -0.39 is 17.6 Å². The van der Waals surface area contributed by atoms with Crippen LogP contribution in [0.1, 0.15) is 24.5 Å². The number of thioether (sulfide) groups is 1. The fraction of sp³-hybridized carbons (Fsp3) is 0.370. The second-order valence-electron chi connectivity index (χ2n) is 8.45. The average molecular weight is 513 g/mol. The Hall–Kier alpha value is -3.14. The van der Waals surface area contributed by atoms with Crippen molar-refractivity contribution in [3.05, 3.63) is 83.9 Å². The molecule has 0 spiro atoms. The van der Waals surface area contributed by atoms with Crippen LogP contribution in [0.25, 0.3) is 0 Å². The SMILES string of the molecule is CCC(c1ccccc1)(N1CCOCC1)N1CC(Cc2ccccc2)SC1=O.O=C(O)/C=C/C(=O)O. The highest BCUT2D eigenvalue weighted by Gasteiger charge is 2.49. The van der Waals surface area contributed by atoms with Gasteiger partial charge in [-0.25, -0.2) is 9.59 Å². The number of nitrogens with zero attached hydrogens (tertiary/aromatic N) is 2. The lowest BCUT2D eigenvalue weighted by Gasteiger charge is -2.50. The lowest BCUT2D eigenvalue weighted by molar-refractivity contribution is -0.134. The molecule has 2 heterocycles. The molecule has 2 aliphatic rings. The summed E-state index contributed by atoms with van der Waals surface area (Å²) in [6, 6.07) is 21.0. The average Bonchev–Trinajstić information content (AvgIpc) is 3.26. The molecule has 2 saturated heterocycles. The van der Waals surface area contributed by atoms with E-state index >= 15 is 0 Å². The van der Waals surface area contributed by atoms with E-state index in [2.05, 4.69) is 65.3 Å². The fourth-order valence-electron chi connectivity index (χ4n) is 4.72. The van der Waals surface area contributed by atoms with Crippen molar-refractivity contribution in [2.75, 3.05) is 32.8 Å². The van der Waals surface area contributed by atoms with Crippen molar-refractivity contribution in [2.45, 2.75) is 30.7 Å². The van der Waals surface area contributed by atoms with E-state index in [1.807, 2.05) is 12.1 Å². The van der Waals surface area contributed by atoms with E-state index in [1.165, 1.54) is 22.9 Å². The van der Waals surface area contributed by atoms with Crippen LogP contribution in [0.15, 0.2) is 72.8 Å². The van der Waals surface area contributed by atoms with E-state index in [1.54, 1.807) is 0 Å². The highest BCUT2D eigenvalue weighted by atomic mass is 32.2. The summed E-state index contributed by atoms with van der Waals surface area (Å²) in [5.41, 5.74) is 2.09. The van der Waals surface area contributed by atoms with Crippen LogP contribution in [0, 0.1) is 0 Å². The van der Waals surface area contributed by atoms with Crippen LogP contribution in [0.2, 0.25) is 0 Å². The Kier molecular flexibility index (Phi) is 10.1. The summed E-state index contributed by atoms with van der Waals surface area (Å²) in [5.74, 6) is -2.51. The third-order valence-electron chi connectivity index (χ3n) is 6.26. The van der Waals surface area contributed by atoms with Crippen molar-refractivity contribution in [1.82, 2.24) is 9.80 Å². The summed E-state index contributed by atoms with van der Waals surface area (Å²) in [5, 5.41) is 16.1. The number of rotatable bonds is 8. The predicted octanol–water partition coefficient (Wildman–Crippen LogP) is 4.07. The van der Waals surface area contributed by atoms with Gasteiger partial charge in [-0.3, -0.25) is 9.69 Å². The number of ether oxygens (including phenoxy) is 1. The van der Waals surface area contributed by atoms with E-state index in [-0.39, 0.29) is 10.5 Å². The lowest BCUT2D eigenvalue weighted by Crippen LogP contribution is -2.61. The number of carboxylic acid groups (broad SMARTS) is 2. The molecule has 9 heteroatoms. The molecule has 1 amide bonds. The molecule has 0 aromatic heterocycles. The van der Waals surface area contributed by atoms with Crippen molar-refractivity contribution >= 4 is 28.9 Å². The van der Waals surface area contributed by atoms with E-state index in [0.29, 0.717) is 12.2 Å². The minimum absolute atomic E-state index is 0.193. The molecule has 0 saturated carbocycles. The maximum Gasteiger partial charge on any atom is 0.328 e. The van der Waals surface area contributed by atoms with E-state index in [4.69, 9.17) is 14.9 Å². The molecule has 2 atom stereocenters. The van der Waals surface area contributed by atoms with Crippen LogP contribution >= 0.6 is 11.8 Å². The molecular formula is C27H32N2O6S. The van der Waals surface area contributed by atoms with Crippen molar-refractivity contribution < 1.29 is 29.3 Å². The third-order valence-corrected chi connectivity index (χ3v) is 7.33. The summed E-state index contributed by atoms with van der Waals surface area (Å²) >= 11 is 1.50. The number of amides is 1. The molecule has 0 bridgehead atoms. The normalized spacial score (nSPS) is 20.0. The quantitative estimate of drug-likeness (QED) is 0.510. The zero-order valence-electron chi connectivity index (χ0n) is 20.3. The van der Waals surface area contributed by atoms with E-state index in [0.717, 1.165) is 45.7 Å². The van der Waals surface area contributed by atoms with Crippen molar-refractivity contribution in [3.63, 3.8) is 0 Å². The van der Waals surface area contributed by atoms with Gasteiger partial charge in [-0.2, -0.15) is 0 Å². The molecule has 4 rings (SSSR count). The van der Waals surface area contributed by atoms with Crippen LogP contribution in [0.5, 0.6) is 0 Å². The molecule has 2 aromatic rings.